The molecule has 0 spiro atoms. The van der Waals surface area contributed by atoms with E-state index in [1.165, 1.54) is 12.1 Å². The van der Waals surface area contributed by atoms with Gasteiger partial charge < -0.3 is 9.15 Å². The maximum atomic E-state index is 13.0. The van der Waals surface area contributed by atoms with Crippen LogP contribution in [0.3, 0.4) is 0 Å². The number of hydrogen-bond acceptors (Lipinski definition) is 3. The average Bonchev–Trinajstić information content (AvgIpc) is 2.77. The third-order valence-corrected chi connectivity index (χ3v) is 2.23. The zero-order valence-electron chi connectivity index (χ0n) is 9.57. The molecule has 5 heteroatoms. The zero-order valence-corrected chi connectivity index (χ0v) is 9.57. The standard InChI is InChI=1S/C13H10F2O3/c1-2-17-13(16)12-4-3-11(18-12)8-5-9(14)7-10(15)6-8/h3-7H,2H2,1H3. The van der Waals surface area contributed by atoms with Crippen LogP contribution in [0.25, 0.3) is 11.3 Å². The van der Waals surface area contributed by atoms with E-state index >= 15 is 0 Å². The summed E-state index contributed by atoms with van der Waals surface area (Å²) in [6.07, 6.45) is 0. The fourth-order valence-electron chi connectivity index (χ4n) is 1.50. The second-order valence-electron chi connectivity index (χ2n) is 3.54. The highest BCUT2D eigenvalue weighted by atomic mass is 19.1. The molecule has 3 nitrogen and oxygen atoms in total. The van der Waals surface area contributed by atoms with E-state index in [2.05, 4.69) is 0 Å². The van der Waals surface area contributed by atoms with Crippen LogP contribution in [-0.2, 0) is 4.74 Å². The number of hydrogen-bond donors (Lipinski definition) is 0. The summed E-state index contributed by atoms with van der Waals surface area (Å²) in [5.41, 5.74) is 0.225. The molecule has 94 valence electrons. The van der Waals surface area contributed by atoms with Crippen molar-refractivity contribution in [3.8, 4) is 11.3 Å². The molecule has 0 bridgehead atoms. The molecule has 0 saturated heterocycles. The monoisotopic (exact) mass is 252 g/mol. The largest absolute Gasteiger partial charge is 0.460 e. The minimum atomic E-state index is -0.709. The highest BCUT2D eigenvalue weighted by molar-refractivity contribution is 5.87. The van der Waals surface area contributed by atoms with Crippen LogP contribution >= 0.6 is 0 Å². The van der Waals surface area contributed by atoms with E-state index in [0.717, 1.165) is 18.2 Å². The lowest BCUT2D eigenvalue weighted by Crippen LogP contribution is -2.02. The van der Waals surface area contributed by atoms with Gasteiger partial charge in [0, 0.05) is 11.6 Å². The molecule has 0 fully saturated rings. The minimum Gasteiger partial charge on any atom is -0.460 e. The predicted molar refractivity (Wildman–Crippen MR) is 60.0 cm³/mol. The summed E-state index contributed by atoms with van der Waals surface area (Å²) < 4.78 is 36.0. The molecule has 0 saturated carbocycles. The number of furan rings is 1. The van der Waals surface area contributed by atoms with E-state index in [0.29, 0.717) is 0 Å². The summed E-state index contributed by atoms with van der Waals surface area (Å²) in [5, 5.41) is 0. The maximum absolute atomic E-state index is 13.0. The summed E-state index contributed by atoms with van der Waals surface area (Å²) in [6, 6.07) is 5.86. The van der Waals surface area contributed by atoms with Crippen molar-refractivity contribution >= 4 is 5.97 Å². The number of carbonyl (C=O) groups excluding carboxylic acids is 1. The third kappa shape index (κ3) is 2.56. The van der Waals surface area contributed by atoms with Gasteiger partial charge in [0.15, 0.2) is 0 Å². The molecule has 0 aliphatic heterocycles. The second kappa shape index (κ2) is 5.00. The Balaban J connectivity index is 2.32. The van der Waals surface area contributed by atoms with Crippen molar-refractivity contribution in [2.24, 2.45) is 0 Å². The lowest BCUT2D eigenvalue weighted by molar-refractivity contribution is 0.0491. The number of carbonyl (C=O) groups is 1. The summed E-state index contributed by atoms with van der Waals surface area (Å²) >= 11 is 0. The first kappa shape index (κ1) is 12.3. The molecule has 0 aliphatic rings. The Hall–Kier alpha value is -2.17. The Labute approximate surface area is 102 Å². The van der Waals surface area contributed by atoms with Gasteiger partial charge >= 0.3 is 5.97 Å². The number of ether oxygens (including phenoxy) is 1. The van der Waals surface area contributed by atoms with E-state index in [9.17, 15) is 13.6 Å². The first-order chi connectivity index (χ1) is 8.60. The van der Waals surface area contributed by atoms with Gasteiger partial charge in [-0.15, -0.1) is 0 Å². The summed E-state index contributed by atoms with van der Waals surface area (Å²) in [4.78, 5) is 11.4. The van der Waals surface area contributed by atoms with Gasteiger partial charge in [0.1, 0.15) is 17.4 Å². The quantitative estimate of drug-likeness (QED) is 0.786. The van der Waals surface area contributed by atoms with E-state index in [4.69, 9.17) is 9.15 Å². The molecule has 0 radical (unpaired) electrons. The summed E-state index contributed by atoms with van der Waals surface area (Å²) in [7, 11) is 0. The van der Waals surface area contributed by atoms with Crippen LogP contribution in [0.4, 0.5) is 8.78 Å². The molecule has 0 aliphatic carbocycles. The van der Waals surface area contributed by atoms with E-state index < -0.39 is 17.6 Å². The lowest BCUT2D eigenvalue weighted by Gasteiger charge is -1.99. The topological polar surface area (TPSA) is 39.4 Å². The number of esters is 1. The fourth-order valence-corrected chi connectivity index (χ4v) is 1.50. The van der Waals surface area contributed by atoms with Crippen LogP contribution in [-0.4, -0.2) is 12.6 Å². The van der Waals surface area contributed by atoms with Crippen molar-refractivity contribution in [1.29, 1.82) is 0 Å². The Bertz CT molecular complexity index is 555. The Morgan fingerprint density at radius 2 is 1.89 bits per heavy atom. The van der Waals surface area contributed by atoms with Gasteiger partial charge in [-0.25, -0.2) is 13.6 Å². The Morgan fingerprint density at radius 1 is 1.22 bits per heavy atom. The molecular weight excluding hydrogens is 242 g/mol. The summed E-state index contributed by atoms with van der Waals surface area (Å²) in [6.45, 7) is 1.90. The van der Waals surface area contributed by atoms with Gasteiger partial charge in [0.25, 0.3) is 0 Å². The van der Waals surface area contributed by atoms with Gasteiger partial charge in [0.2, 0.25) is 5.76 Å². The molecule has 1 aromatic carbocycles. The molecule has 0 atom stereocenters. The van der Waals surface area contributed by atoms with Crippen LogP contribution < -0.4 is 0 Å². The molecular formula is C13H10F2O3. The zero-order chi connectivity index (χ0) is 13.1. The molecule has 0 N–H and O–H groups in total. The molecule has 1 heterocycles. The van der Waals surface area contributed by atoms with E-state index in [1.807, 2.05) is 0 Å². The molecule has 0 unspecified atom stereocenters. The van der Waals surface area contributed by atoms with Gasteiger partial charge in [-0.1, -0.05) is 0 Å². The van der Waals surface area contributed by atoms with Crippen molar-refractivity contribution in [3.63, 3.8) is 0 Å². The van der Waals surface area contributed by atoms with Crippen LogP contribution in [0.1, 0.15) is 17.5 Å². The number of benzene rings is 1. The highest BCUT2D eigenvalue weighted by Gasteiger charge is 2.13. The van der Waals surface area contributed by atoms with Gasteiger partial charge in [-0.05, 0) is 31.2 Å². The molecule has 1 aromatic heterocycles. The molecule has 18 heavy (non-hydrogen) atoms. The molecule has 2 rings (SSSR count). The van der Waals surface area contributed by atoms with Crippen molar-refractivity contribution in [2.75, 3.05) is 6.61 Å². The van der Waals surface area contributed by atoms with Crippen LogP contribution in [0.2, 0.25) is 0 Å². The van der Waals surface area contributed by atoms with Crippen LogP contribution in [0.5, 0.6) is 0 Å². The Kier molecular flexibility index (Phi) is 3.41. The number of halogens is 2. The molecule has 0 amide bonds. The Morgan fingerprint density at radius 3 is 2.50 bits per heavy atom. The van der Waals surface area contributed by atoms with E-state index in [-0.39, 0.29) is 23.7 Å². The smallest absolute Gasteiger partial charge is 0.374 e. The fraction of sp³-hybridized carbons (Fsp3) is 0.154. The third-order valence-electron chi connectivity index (χ3n) is 2.23. The van der Waals surface area contributed by atoms with Crippen molar-refractivity contribution in [2.45, 2.75) is 6.92 Å². The van der Waals surface area contributed by atoms with Crippen molar-refractivity contribution < 1.29 is 22.7 Å². The second-order valence-corrected chi connectivity index (χ2v) is 3.54. The predicted octanol–water partition coefficient (Wildman–Crippen LogP) is 3.40. The van der Waals surface area contributed by atoms with Gasteiger partial charge in [-0.3, -0.25) is 0 Å². The van der Waals surface area contributed by atoms with Gasteiger partial charge in [-0.2, -0.15) is 0 Å². The SMILES string of the molecule is CCOC(=O)c1ccc(-c2cc(F)cc(F)c2)o1. The van der Waals surface area contributed by atoms with Crippen LogP contribution in [0.15, 0.2) is 34.7 Å². The number of rotatable bonds is 3. The first-order valence-corrected chi connectivity index (χ1v) is 5.33. The normalized spacial score (nSPS) is 10.4. The van der Waals surface area contributed by atoms with Gasteiger partial charge in [0.05, 0.1) is 6.61 Å². The lowest BCUT2D eigenvalue weighted by atomic mass is 10.1. The summed E-state index contributed by atoms with van der Waals surface area (Å²) in [5.74, 6) is -1.83. The highest BCUT2D eigenvalue weighted by Crippen LogP contribution is 2.24. The minimum absolute atomic E-state index is 0.00322. The molecule has 2 aromatic rings. The van der Waals surface area contributed by atoms with E-state index in [1.54, 1.807) is 6.92 Å². The first-order valence-electron chi connectivity index (χ1n) is 5.33. The average molecular weight is 252 g/mol. The van der Waals surface area contributed by atoms with Crippen molar-refractivity contribution in [3.05, 3.63) is 47.7 Å². The van der Waals surface area contributed by atoms with Crippen molar-refractivity contribution in [1.82, 2.24) is 0 Å². The maximum Gasteiger partial charge on any atom is 0.374 e. The van der Waals surface area contributed by atoms with Crippen LogP contribution in [0, 0.1) is 11.6 Å².